The van der Waals surface area contributed by atoms with Gasteiger partial charge >= 0.3 is 6.61 Å². The van der Waals surface area contributed by atoms with Crippen LogP contribution in [0.2, 0.25) is 0 Å². The molecule has 3 aliphatic carbocycles. The number of benzene rings is 1. The largest absolute Gasteiger partial charge is 0.477 e. The Bertz CT molecular complexity index is 1030. The van der Waals surface area contributed by atoms with Gasteiger partial charge in [-0.25, -0.2) is 13.2 Å². The van der Waals surface area contributed by atoms with E-state index in [1.165, 1.54) is 24.5 Å². The third-order valence-corrected chi connectivity index (χ3v) is 5.79. The summed E-state index contributed by atoms with van der Waals surface area (Å²) < 4.78 is 62.6. The van der Waals surface area contributed by atoms with Crippen molar-refractivity contribution >= 4 is 5.65 Å². The Labute approximate surface area is 162 Å². The van der Waals surface area contributed by atoms with Gasteiger partial charge in [-0.3, -0.25) is 4.98 Å². The van der Waals surface area contributed by atoms with Crippen LogP contribution in [-0.2, 0) is 0 Å². The van der Waals surface area contributed by atoms with Crippen LogP contribution in [0.3, 0.4) is 0 Å². The van der Waals surface area contributed by atoms with Crippen LogP contribution < -0.4 is 9.47 Å². The first-order valence-corrected chi connectivity index (χ1v) is 9.05. The van der Waals surface area contributed by atoms with E-state index in [0.717, 1.165) is 0 Å². The number of rotatable bonds is 7. The molecule has 3 fully saturated rings. The molecule has 152 valence electrons. The molecule has 3 saturated carbocycles. The second kappa shape index (κ2) is 6.30. The van der Waals surface area contributed by atoms with Gasteiger partial charge in [0.05, 0.1) is 19.0 Å². The topological polar surface area (TPSA) is 61.5 Å². The fourth-order valence-electron chi connectivity index (χ4n) is 4.59. The Balaban J connectivity index is 1.38. The molecule has 3 aliphatic rings. The average molecular weight is 408 g/mol. The number of nitrogens with zero attached hydrogens (tertiary/aromatic N) is 4. The lowest BCUT2D eigenvalue weighted by molar-refractivity contribution is -0.276. The molecule has 1 aromatic carbocycles. The zero-order chi connectivity index (χ0) is 20.2. The molecule has 0 spiro atoms. The number of aromatic nitrogens is 4. The van der Waals surface area contributed by atoms with Gasteiger partial charge in [0, 0.05) is 16.4 Å². The molecule has 0 saturated heterocycles. The highest BCUT2D eigenvalue weighted by molar-refractivity contribution is 5.61. The molecule has 10 heteroatoms. The predicted molar refractivity (Wildman–Crippen MR) is 93.1 cm³/mol. The summed E-state index contributed by atoms with van der Waals surface area (Å²) in [5.74, 6) is 0.876. The first kappa shape index (κ1) is 18.1. The maximum Gasteiger partial charge on any atom is 0.387 e. The van der Waals surface area contributed by atoms with Crippen LogP contribution in [0.1, 0.15) is 19.3 Å². The van der Waals surface area contributed by atoms with Crippen molar-refractivity contribution in [1.82, 2.24) is 19.6 Å². The standard InChI is InChI=1S/C19H16F4N4O2/c20-16(21)19-7-18(8-19,9-19)10-28-14-6-24-5-13-25-26-15(27(13)14)11-1-3-12(4-2-11)29-17(22)23/h1-6,16-17H,7-10H2. The third-order valence-electron chi connectivity index (χ3n) is 5.79. The van der Waals surface area contributed by atoms with Gasteiger partial charge in [0.25, 0.3) is 0 Å². The molecule has 2 bridgehead atoms. The lowest BCUT2D eigenvalue weighted by Gasteiger charge is -2.69. The Morgan fingerprint density at radius 3 is 2.38 bits per heavy atom. The third kappa shape index (κ3) is 2.89. The van der Waals surface area contributed by atoms with Crippen LogP contribution in [0.15, 0.2) is 36.7 Å². The molecular weight excluding hydrogens is 392 g/mol. The smallest absolute Gasteiger partial charge is 0.387 e. The summed E-state index contributed by atoms with van der Waals surface area (Å²) in [7, 11) is 0. The molecule has 29 heavy (non-hydrogen) atoms. The van der Waals surface area contributed by atoms with E-state index < -0.39 is 18.5 Å². The van der Waals surface area contributed by atoms with Crippen LogP contribution >= 0.6 is 0 Å². The van der Waals surface area contributed by atoms with Gasteiger partial charge in [-0.2, -0.15) is 8.78 Å². The Morgan fingerprint density at radius 1 is 1.00 bits per heavy atom. The van der Waals surface area contributed by atoms with E-state index in [-0.39, 0.29) is 11.2 Å². The van der Waals surface area contributed by atoms with Gasteiger partial charge in [-0.1, -0.05) is 0 Å². The number of alkyl halides is 4. The Hall–Kier alpha value is -2.91. The molecule has 0 radical (unpaired) electrons. The molecule has 0 N–H and O–H groups in total. The number of ether oxygens (including phenoxy) is 2. The number of fused-ring (bicyclic) bond motifs is 1. The summed E-state index contributed by atoms with van der Waals surface area (Å²) in [6.07, 6.45) is 2.17. The highest BCUT2D eigenvalue weighted by atomic mass is 19.3. The summed E-state index contributed by atoms with van der Waals surface area (Å²) in [5, 5.41) is 8.21. The van der Waals surface area contributed by atoms with E-state index in [0.29, 0.717) is 48.8 Å². The van der Waals surface area contributed by atoms with E-state index in [1.54, 1.807) is 16.5 Å². The number of halogens is 4. The van der Waals surface area contributed by atoms with Crippen molar-refractivity contribution in [3.63, 3.8) is 0 Å². The zero-order valence-electron chi connectivity index (χ0n) is 15.1. The van der Waals surface area contributed by atoms with Crippen LogP contribution in [0.4, 0.5) is 17.6 Å². The lowest BCUT2D eigenvalue weighted by Crippen LogP contribution is -2.67. The minimum atomic E-state index is -2.90. The number of hydrogen-bond donors (Lipinski definition) is 0. The Morgan fingerprint density at radius 2 is 1.72 bits per heavy atom. The predicted octanol–water partition coefficient (Wildman–Crippen LogP) is 4.21. The molecule has 0 aliphatic heterocycles. The molecular formula is C19H16F4N4O2. The first-order chi connectivity index (χ1) is 13.9. The quantitative estimate of drug-likeness (QED) is 0.548. The maximum atomic E-state index is 13.0. The second-order valence-electron chi connectivity index (χ2n) is 7.85. The fourth-order valence-corrected chi connectivity index (χ4v) is 4.59. The van der Waals surface area contributed by atoms with E-state index in [1.807, 2.05) is 0 Å². The summed E-state index contributed by atoms with van der Waals surface area (Å²) >= 11 is 0. The molecule has 0 atom stereocenters. The van der Waals surface area contributed by atoms with Crippen molar-refractivity contribution in [2.45, 2.75) is 32.3 Å². The van der Waals surface area contributed by atoms with Gasteiger partial charge in [0.1, 0.15) is 5.75 Å². The zero-order valence-corrected chi connectivity index (χ0v) is 15.1. The van der Waals surface area contributed by atoms with Gasteiger partial charge in [-0.15, -0.1) is 10.2 Å². The summed E-state index contributed by atoms with van der Waals surface area (Å²) in [6, 6.07) is 6.00. The van der Waals surface area contributed by atoms with Crippen molar-refractivity contribution in [1.29, 1.82) is 0 Å². The average Bonchev–Trinajstić information content (AvgIpc) is 3.04. The molecule has 2 heterocycles. The van der Waals surface area contributed by atoms with Gasteiger partial charge in [0.15, 0.2) is 11.5 Å². The Kier molecular flexibility index (Phi) is 3.94. The fraction of sp³-hybridized carbons (Fsp3) is 0.421. The normalized spacial score (nSPS) is 25.2. The van der Waals surface area contributed by atoms with Gasteiger partial charge in [-0.05, 0) is 43.5 Å². The molecule has 3 aromatic rings. The molecule has 2 aromatic heterocycles. The molecule has 6 nitrogen and oxygen atoms in total. The van der Waals surface area contributed by atoms with Crippen LogP contribution in [-0.4, -0.2) is 39.2 Å². The summed E-state index contributed by atoms with van der Waals surface area (Å²) in [5.41, 5.74) is 0.0719. The van der Waals surface area contributed by atoms with Crippen molar-refractivity contribution in [3.8, 4) is 23.0 Å². The van der Waals surface area contributed by atoms with Gasteiger partial charge in [0.2, 0.25) is 12.3 Å². The highest BCUT2D eigenvalue weighted by Gasteiger charge is 2.72. The number of hydrogen-bond acceptors (Lipinski definition) is 5. The minimum absolute atomic E-state index is 0.0345. The highest BCUT2D eigenvalue weighted by Crippen LogP contribution is 2.75. The molecule has 0 amide bonds. The SMILES string of the molecule is FC(F)Oc1ccc(-c2nnc3cncc(OCC45CC(C(F)F)(C4)C5)n23)cc1. The van der Waals surface area contributed by atoms with Crippen LogP contribution in [0.25, 0.3) is 17.0 Å². The maximum absolute atomic E-state index is 13.0. The first-order valence-electron chi connectivity index (χ1n) is 9.05. The van der Waals surface area contributed by atoms with E-state index in [4.69, 9.17) is 4.74 Å². The van der Waals surface area contributed by atoms with Crippen LogP contribution in [0.5, 0.6) is 11.6 Å². The van der Waals surface area contributed by atoms with Crippen molar-refractivity contribution in [3.05, 3.63) is 36.7 Å². The van der Waals surface area contributed by atoms with Gasteiger partial charge < -0.3 is 9.47 Å². The van der Waals surface area contributed by atoms with Crippen molar-refractivity contribution < 1.29 is 27.0 Å². The summed E-state index contributed by atoms with van der Waals surface area (Å²) in [6.45, 7) is -2.58. The lowest BCUT2D eigenvalue weighted by atomic mass is 9.35. The van der Waals surface area contributed by atoms with Crippen molar-refractivity contribution in [2.75, 3.05) is 6.61 Å². The molecule has 6 rings (SSSR count). The molecule has 0 unspecified atom stereocenters. The van der Waals surface area contributed by atoms with E-state index >= 15 is 0 Å². The second-order valence-corrected chi connectivity index (χ2v) is 7.85. The van der Waals surface area contributed by atoms with Crippen LogP contribution in [0, 0.1) is 10.8 Å². The van der Waals surface area contributed by atoms with E-state index in [2.05, 4.69) is 19.9 Å². The summed E-state index contributed by atoms with van der Waals surface area (Å²) in [4.78, 5) is 4.09. The minimum Gasteiger partial charge on any atom is -0.477 e. The van der Waals surface area contributed by atoms with Crippen molar-refractivity contribution in [2.24, 2.45) is 10.8 Å². The monoisotopic (exact) mass is 408 g/mol. The van der Waals surface area contributed by atoms with E-state index in [9.17, 15) is 17.6 Å².